The van der Waals surface area contributed by atoms with E-state index in [0.717, 1.165) is 36.2 Å². The molecule has 136 valence electrons. The van der Waals surface area contributed by atoms with Crippen LogP contribution in [0.4, 0.5) is 11.6 Å². The Bertz CT molecular complexity index is 1150. The molecule has 4 heterocycles. The van der Waals surface area contributed by atoms with Crippen LogP contribution >= 0.6 is 0 Å². The number of anilines is 2. The van der Waals surface area contributed by atoms with Crippen molar-refractivity contribution < 1.29 is 4.74 Å². The fourth-order valence-electron chi connectivity index (χ4n) is 3.70. The average Bonchev–Trinajstić information content (AvgIpc) is 3.13. The number of hydrogen-bond acceptors (Lipinski definition) is 7. The van der Waals surface area contributed by atoms with E-state index in [1.807, 2.05) is 30.5 Å². The zero-order valence-electron chi connectivity index (χ0n) is 15.0. The highest BCUT2D eigenvalue weighted by molar-refractivity contribution is 5.95. The van der Waals surface area contributed by atoms with Gasteiger partial charge in [-0.3, -0.25) is 4.98 Å². The molecule has 0 saturated heterocycles. The zero-order chi connectivity index (χ0) is 18.4. The van der Waals surface area contributed by atoms with Crippen molar-refractivity contribution in [3.63, 3.8) is 0 Å². The summed E-state index contributed by atoms with van der Waals surface area (Å²) in [5.74, 6) is 1.67. The van der Waals surface area contributed by atoms with Gasteiger partial charge in [-0.25, -0.2) is 9.97 Å². The van der Waals surface area contributed by atoms with Crippen LogP contribution in [0.3, 0.4) is 0 Å². The zero-order valence-corrected chi connectivity index (χ0v) is 15.0. The number of ether oxygens (including phenoxy) is 1. The Kier molecular flexibility index (Phi) is 3.56. The fraction of sp³-hybridized carbons (Fsp3) is 0.263. The number of benzene rings is 1. The Labute approximate surface area is 155 Å². The molecule has 3 aromatic heterocycles. The number of pyridine rings is 1. The SMILES string of the molecule is COc1cccc2c1nc(N)n1nc(CN3CCCc4ncccc43)nc21. The van der Waals surface area contributed by atoms with E-state index in [9.17, 15) is 0 Å². The molecule has 1 aromatic carbocycles. The van der Waals surface area contributed by atoms with Gasteiger partial charge in [-0.1, -0.05) is 6.07 Å². The van der Waals surface area contributed by atoms with E-state index in [1.165, 1.54) is 0 Å². The predicted octanol–water partition coefficient (Wildman–Crippen LogP) is 2.22. The summed E-state index contributed by atoms with van der Waals surface area (Å²) in [6, 6.07) is 9.81. The van der Waals surface area contributed by atoms with Gasteiger partial charge in [-0.05, 0) is 37.1 Å². The van der Waals surface area contributed by atoms with E-state index in [2.05, 4.69) is 26.0 Å². The number of nitrogens with zero attached hydrogens (tertiary/aromatic N) is 6. The molecule has 1 aliphatic rings. The van der Waals surface area contributed by atoms with Crippen LogP contribution in [0.15, 0.2) is 36.5 Å². The van der Waals surface area contributed by atoms with Crippen molar-refractivity contribution in [2.75, 3.05) is 24.3 Å². The molecule has 1 aliphatic heterocycles. The summed E-state index contributed by atoms with van der Waals surface area (Å²) in [6.07, 6.45) is 3.92. The van der Waals surface area contributed by atoms with Gasteiger partial charge in [0.2, 0.25) is 5.95 Å². The molecular weight excluding hydrogens is 342 g/mol. The first kappa shape index (κ1) is 15.8. The van der Waals surface area contributed by atoms with Crippen molar-refractivity contribution in [3.8, 4) is 5.75 Å². The third kappa shape index (κ3) is 2.52. The van der Waals surface area contributed by atoms with Gasteiger partial charge in [-0.2, -0.15) is 4.52 Å². The fourth-order valence-corrected chi connectivity index (χ4v) is 3.70. The maximum atomic E-state index is 6.14. The number of methoxy groups -OCH3 is 1. The number of aryl methyl sites for hydroxylation is 1. The maximum absolute atomic E-state index is 6.14. The van der Waals surface area contributed by atoms with Crippen molar-refractivity contribution in [2.45, 2.75) is 19.4 Å². The van der Waals surface area contributed by atoms with Crippen LogP contribution in [0.25, 0.3) is 16.6 Å². The lowest BCUT2D eigenvalue weighted by Crippen LogP contribution is -2.29. The highest BCUT2D eigenvalue weighted by Crippen LogP contribution is 2.29. The van der Waals surface area contributed by atoms with Crippen molar-refractivity contribution in [3.05, 3.63) is 48.0 Å². The molecular formula is C19H19N7O. The molecule has 0 unspecified atom stereocenters. The number of nitrogen functional groups attached to an aromatic ring is 1. The molecule has 0 fully saturated rings. The molecule has 5 rings (SSSR count). The van der Waals surface area contributed by atoms with Gasteiger partial charge in [0.25, 0.3) is 0 Å². The van der Waals surface area contributed by atoms with Gasteiger partial charge in [0.05, 0.1) is 25.0 Å². The topological polar surface area (TPSA) is 94.5 Å². The number of rotatable bonds is 3. The van der Waals surface area contributed by atoms with E-state index in [1.54, 1.807) is 11.6 Å². The molecule has 0 amide bonds. The van der Waals surface area contributed by atoms with E-state index in [-0.39, 0.29) is 0 Å². The summed E-state index contributed by atoms with van der Waals surface area (Å²) in [5, 5.41) is 5.46. The maximum Gasteiger partial charge on any atom is 0.223 e. The quantitative estimate of drug-likeness (QED) is 0.598. The van der Waals surface area contributed by atoms with E-state index in [4.69, 9.17) is 15.5 Å². The lowest BCUT2D eigenvalue weighted by atomic mass is 10.1. The van der Waals surface area contributed by atoms with Crippen LogP contribution < -0.4 is 15.4 Å². The predicted molar refractivity (Wildman–Crippen MR) is 103 cm³/mol. The van der Waals surface area contributed by atoms with E-state index in [0.29, 0.717) is 35.2 Å². The van der Waals surface area contributed by atoms with Gasteiger partial charge in [0.1, 0.15) is 11.3 Å². The first-order valence-electron chi connectivity index (χ1n) is 8.91. The smallest absolute Gasteiger partial charge is 0.223 e. The minimum atomic E-state index is 0.293. The molecule has 0 aliphatic carbocycles. The standard InChI is InChI=1S/C19H19N7O/c1-27-15-8-2-5-12-17(15)23-19(20)26-18(12)22-16(24-26)11-25-10-4-6-13-14(25)7-3-9-21-13/h2-3,5,7-9H,4,6,10-11H2,1H3,(H2,20,23). The van der Waals surface area contributed by atoms with Gasteiger partial charge in [0.15, 0.2) is 11.5 Å². The number of aromatic nitrogens is 5. The minimum absolute atomic E-state index is 0.293. The lowest BCUT2D eigenvalue weighted by Gasteiger charge is -2.29. The number of hydrogen-bond donors (Lipinski definition) is 1. The summed E-state index contributed by atoms with van der Waals surface area (Å²) in [5.41, 5.74) is 9.80. The Hall–Kier alpha value is -3.42. The minimum Gasteiger partial charge on any atom is -0.494 e. The second kappa shape index (κ2) is 6.08. The second-order valence-electron chi connectivity index (χ2n) is 6.58. The number of para-hydroxylation sites is 1. The Morgan fingerprint density at radius 1 is 1.19 bits per heavy atom. The van der Waals surface area contributed by atoms with Gasteiger partial charge in [0, 0.05) is 18.1 Å². The molecule has 8 heteroatoms. The first-order valence-corrected chi connectivity index (χ1v) is 8.91. The molecule has 0 spiro atoms. The van der Waals surface area contributed by atoms with Crippen LogP contribution in [0.2, 0.25) is 0 Å². The van der Waals surface area contributed by atoms with Gasteiger partial charge in [-0.15, -0.1) is 5.10 Å². The Balaban J connectivity index is 1.60. The summed E-state index contributed by atoms with van der Waals surface area (Å²) in [6.45, 7) is 1.56. The third-order valence-corrected chi connectivity index (χ3v) is 4.93. The molecule has 0 saturated carbocycles. The summed E-state index contributed by atoms with van der Waals surface area (Å²) in [7, 11) is 1.62. The summed E-state index contributed by atoms with van der Waals surface area (Å²) < 4.78 is 7.01. The van der Waals surface area contributed by atoms with Crippen molar-refractivity contribution in [2.24, 2.45) is 0 Å². The van der Waals surface area contributed by atoms with E-state index < -0.39 is 0 Å². The normalized spacial score (nSPS) is 13.9. The molecule has 27 heavy (non-hydrogen) atoms. The largest absolute Gasteiger partial charge is 0.494 e. The molecule has 0 radical (unpaired) electrons. The van der Waals surface area contributed by atoms with Crippen molar-refractivity contribution in [1.82, 2.24) is 24.6 Å². The van der Waals surface area contributed by atoms with Crippen LogP contribution in [0, 0.1) is 0 Å². The van der Waals surface area contributed by atoms with Crippen molar-refractivity contribution in [1.29, 1.82) is 0 Å². The summed E-state index contributed by atoms with van der Waals surface area (Å²) >= 11 is 0. The van der Waals surface area contributed by atoms with Crippen LogP contribution in [-0.4, -0.2) is 38.2 Å². The molecule has 4 aromatic rings. The molecule has 0 bridgehead atoms. The number of nitrogens with two attached hydrogens (primary N) is 1. The van der Waals surface area contributed by atoms with Crippen LogP contribution in [0.5, 0.6) is 5.75 Å². The van der Waals surface area contributed by atoms with Gasteiger partial charge >= 0.3 is 0 Å². The van der Waals surface area contributed by atoms with Crippen molar-refractivity contribution >= 4 is 28.2 Å². The summed E-state index contributed by atoms with van der Waals surface area (Å²) in [4.78, 5) is 16.0. The van der Waals surface area contributed by atoms with E-state index >= 15 is 0 Å². The Morgan fingerprint density at radius 3 is 3.00 bits per heavy atom. The van der Waals surface area contributed by atoms with Crippen LogP contribution in [0.1, 0.15) is 17.9 Å². The second-order valence-corrected chi connectivity index (χ2v) is 6.58. The lowest BCUT2D eigenvalue weighted by molar-refractivity contribution is 0.419. The molecule has 0 atom stereocenters. The first-order chi connectivity index (χ1) is 13.2. The highest BCUT2D eigenvalue weighted by atomic mass is 16.5. The number of fused-ring (bicyclic) bond motifs is 4. The Morgan fingerprint density at radius 2 is 2.11 bits per heavy atom. The monoisotopic (exact) mass is 361 g/mol. The molecule has 8 nitrogen and oxygen atoms in total. The highest BCUT2D eigenvalue weighted by Gasteiger charge is 2.20. The van der Waals surface area contributed by atoms with Gasteiger partial charge < -0.3 is 15.4 Å². The third-order valence-electron chi connectivity index (χ3n) is 4.93. The van der Waals surface area contributed by atoms with Crippen LogP contribution in [-0.2, 0) is 13.0 Å². The average molecular weight is 361 g/mol. The molecule has 2 N–H and O–H groups in total.